The van der Waals surface area contributed by atoms with Crippen LogP contribution in [-0.4, -0.2) is 44.7 Å². The van der Waals surface area contributed by atoms with Crippen molar-refractivity contribution in [3.8, 4) is 0 Å². The second kappa shape index (κ2) is 9.99. The molecule has 5 rings (SSSR count). The summed E-state index contributed by atoms with van der Waals surface area (Å²) in [5.74, 6) is 1.03. The number of ether oxygens (including phenoxy) is 1. The Bertz CT molecular complexity index is 1210. The summed E-state index contributed by atoms with van der Waals surface area (Å²) < 4.78 is 7.65. The molecule has 35 heavy (non-hydrogen) atoms. The molecule has 0 spiro atoms. The number of carbonyl (C=O) groups excluding carboxylic acids is 1. The van der Waals surface area contributed by atoms with Crippen LogP contribution in [0.4, 0.5) is 17.6 Å². The Morgan fingerprint density at radius 1 is 1.09 bits per heavy atom. The molecule has 0 unspecified atom stereocenters. The number of amides is 1. The maximum absolute atomic E-state index is 11.7. The zero-order chi connectivity index (χ0) is 24.5. The van der Waals surface area contributed by atoms with Gasteiger partial charge in [-0.25, -0.2) is 9.97 Å². The van der Waals surface area contributed by atoms with Crippen LogP contribution in [0.1, 0.15) is 55.7 Å². The van der Waals surface area contributed by atoms with E-state index >= 15 is 0 Å². The number of carbonyl (C=O) groups is 1. The van der Waals surface area contributed by atoms with Gasteiger partial charge in [-0.3, -0.25) is 9.36 Å². The molecular formula is C25H32ClN7O2. The lowest BCUT2D eigenvalue weighted by Gasteiger charge is -2.29. The molecule has 2 aromatic heterocycles. The van der Waals surface area contributed by atoms with Crippen molar-refractivity contribution in [2.24, 2.45) is 11.7 Å². The maximum Gasteiger partial charge on any atom is 0.224 e. The van der Waals surface area contributed by atoms with Crippen LogP contribution in [0.15, 0.2) is 18.3 Å². The van der Waals surface area contributed by atoms with E-state index in [-0.39, 0.29) is 17.9 Å². The number of benzene rings is 1. The van der Waals surface area contributed by atoms with E-state index in [4.69, 9.17) is 32.0 Å². The molecule has 0 atom stereocenters. The van der Waals surface area contributed by atoms with Crippen molar-refractivity contribution in [3.63, 3.8) is 0 Å². The number of hydrogen-bond donors (Lipinski definition) is 3. The number of aryl methyl sites for hydroxylation is 2. The van der Waals surface area contributed by atoms with E-state index in [2.05, 4.69) is 20.2 Å². The van der Waals surface area contributed by atoms with E-state index in [1.807, 2.05) is 26.0 Å². The average Bonchev–Trinajstić information content (AvgIpc) is 3.19. The van der Waals surface area contributed by atoms with Crippen molar-refractivity contribution >= 4 is 46.3 Å². The molecule has 186 valence electrons. The van der Waals surface area contributed by atoms with Gasteiger partial charge in [0.2, 0.25) is 17.8 Å². The van der Waals surface area contributed by atoms with E-state index in [1.54, 1.807) is 6.20 Å². The van der Waals surface area contributed by atoms with Crippen molar-refractivity contribution in [1.82, 2.24) is 19.5 Å². The van der Waals surface area contributed by atoms with E-state index in [0.29, 0.717) is 23.0 Å². The molecule has 0 bridgehead atoms. The fourth-order valence-electron chi connectivity index (χ4n) is 5.26. The van der Waals surface area contributed by atoms with E-state index in [9.17, 15) is 4.79 Å². The van der Waals surface area contributed by atoms with Crippen LogP contribution in [0, 0.1) is 19.8 Å². The zero-order valence-electron chi connectivity index (χ0n) is 20.2. The first-order valence-corrected chi connectivity index (χ1v) is 12.7. The summed E-state index contributed by atoms with van der Waals surface area (Å²) in [7, 11) is 0. The predicted octanol–water partition coefficient (Wildman–Crippen LogP) is 4.65. The van der Waals surface area contributed by atoms with Crippen molar-refractivity contribution in [1.29, 1.82) is 0 Å². The molecule has 3 heterocycles. The third-order valence-electron chi connectivity index (χ3n) is 7.19. The fraction of sp³-hybridized carbons (Fsp3) is 0.520. The number of fused-ring (bicyclic) bond motifs is 1. The minimum Gasteiger partial charge on any atom is -0.381 e. The molecule has 9 nitrogen and oxygen atoms in total. The number of primary amides is 1. The fourth-order valence-corrected chi connectivity index (χ4v) is 5.58. The summed E-state index contributed by atoms with van der Waals surface area (Å²) in [5.41, 5.74) is 10.2. The highest BCUT2D eigenvalue weighted by Gasteiger charge is 2.29. The quantitative estimate of drug-likeness (QED) is 0.453. The third kappa shape index (κ3) is 5.06. The highest BCUT2D eigenvalue weighted by atomic mass is 35.5. The molecule has 1 aromatic carbocycles. The number of rotatable bonds is 6. The van der Waals surface area contributed by atoms with E-state index in [0.717, 1.165) is 79.7 Å². The van der Waals surface area contributed by atoms with Gasteiger partial charge in [0.15, 0.2) is 5.65 Å². The van der Waals surface area contributed by atoms with Crippen LogP contribution in [0.2, 0.25) is 5.02 Å². The molecule has 4 N–H and O–H groups in total. The number of halogens is 1. The standard InChI is InChI=1S/C25H32ClN7O2/c1-14-11-17(26)12-15(2)21(14)31-25-30-20-13-28-24(29-18-7-9-35-10-8-18)32-23(20)33(25)19-5-3-16(4-6-19)22(27)34/h11-13,16,18-19H,3-10H2,1-2H3,(H2,27,34)(H,30,31)(H,28,29,32)/t16-,19+. The third-order valence-corrected chi connectivity index (χ3v) is 7.40. The number of nitrogens with zero attached hydrogens (tertiary/aromatic N) is 4. The van der Waals surface area contributed by atoms with Gasteiger partial charge in [-0.15, -0.1) is 0 Å². The lowest BCUT2D eigenvalue weighted by molar-refractivity contribution is -0.122. The largest absolute Gasteiger partial charge is 0.381 e. The Kier molecular flexibility index (Phi) is 6.80. The van der Waals surface area contributed by atoms with Gasteiger partial charge >= 0.3 is 0 Å². The van der Waals surface area contributed by atoms with Crippen LogP contribution < -0.4 is 16.4 Å². The monoisotopic (exact) mass is 497 g/mol. The van der Waals surface area contributed by atoms with Crippen molar-refractivity contribution in [3.05, 3.63) is 34.5 Å². The minimum absolute atomic E-state index is 0.0708. The summed E-state index contributed by atoms with van der Waals surface area (Å²) in [6.07, 6.45) is 6.83. The Morgan fingerprint density at radius 2 is 1.77 bits per heavy atom. The molecule has 1 saturated carbocycles. The first kappa shape index (κ1) is 23.8. The summed E-state index contributed by atoms with van der Waals surface area (Å²) in [5, 5.41) is 7.73. The SMILES string of the molecule is Cc1cc(Cl)cc(C)c1Nc1nc2cnc(NC3CCOCC3)nc2n1[C@H]1CC[C@@H](C(N)=O)CC1. The second-order valence-electron chi connectivity index (χ2n) is 9.69. The number of hydrogen-bond acceptors (Lipinski definition) is 7. The lowest BCUT2D eigenvalue weighted by Crippen LogP contribution is -2.29. The van der Waals surface area contributed by atoms with Crippen LogP contribution in [0.3, 0.4) is 0 Å². The van der Waals surface area contributed by atoms with Gasteiger partial charge in [0.1, 0.15) is 5.52 Å². The van der Waals surface area contributed by atoms with Gasteiger partial charge in [-0.2, -0.15) is 4.98 Å². The van der Waals surface area contributed by atoms with E-state index in [1.165, 1.54) is 0 Å². The van der Waals surface area contributed by atoms with E-state index < -0.39 is 0 Å². The topological polar surface area (TPSA) is 120 Å². The van der Waals surface area contributed by atoms with Gasteiger partial charge in [0.05, 0.1) is 6.20 Å². The Balaban J connectivity index is 1.52. The maximum atomic E-state index is 11.7. The summed E-state index contributed by atoms with van der Waals surface area (Å²) >= 11 is 6.26. The molecule has 1 saturated heterocycles. The van der Waals surface area contributed by atoms with Gasteiger partial charge in [0, 0.05) is 41.9 Å². The highest BCUT2D eigenvalue weighted by Crippen LogP contribution is 2.38. The number of anilines is 3. The Morgan fingerprint density at radius 3 is 2.43 bits per heavy atom. The average molecular weight is 498 g/mol. The van der Waals surface area contributed by atoms with Gasteiger partial charge in [-0.05, 0) is 75.6 Å². The van der Waals surface area contributed by atoms with Gasteiger partial charge < -0.3 is 21.1 Å². The van der Waals surface area contributed by atoms with Crippen molar-refractivity contribution < 1.29 is 9.53 Å². The van der Waals surface area contributed by atoms with Gasteiger partial charge in [0.25, 0.3) is 0 Å². The molecule has 1 amide bonds. The first-order valence-electron chi connectivity index (χ1n) is 12.3. The Labute approximate surface area is 209 Å². The zero-order valence-corrected chi connectivity index (χ0v) is 20.9. The molecule has 3 aromatic rings. The number of nitrogens with two attached hydrogens (primary N) is 1. The first-order chi connectivity index (χ1) is 16.9. The van der Waals surface area contributed by atoms with Crippen LogP contribution in [-0.2, 0) is 9.53 Å². The molecule has 1 aliphatic carbocycles. The highest BCUT2D eigenvalue weighted by molar-refractivity contribution is 6.30. The van der Waals surface area contributed by atoms with Crippen LogP contribution in [0.25, 0.3) is 11.2 Å². The number of aromatic nitrogens is 4. The lowest BCUT2D eigenvalue weighted by atomic mass is 9.85. The molecule has 10 heteroatoms. The molecular weight excluding hydrogens is 466 g/mol. The molecule has 2 aliphatic rings. The second-order valence-corrected chi connectivity index (χ2v) is 10.1. The summed E-state index contributed by atoms with van der Waals surface area (Å²) in [4.78, 5) is 26.1. The smallest absolute Gasteiger partial charge is 0.224 e. The minimum atomic E-state index is -0.213. The molecule has 0 radical (unpaired) electrons. The summed E-state index contributed by atoms with van der Waals surface area (Å²) in [6.45, 7) is 5.55. The normalized spacial score (nSPS) is 21.2. The van der Waals surface area contributed by atoms with Gasteiger partial charge in [-0.1, -0.05) is 11.6 Å². The van der Waals surface area contributed by atoms with Crippen molar-refractivity contribution in [2.45, 2.75) is 64.5 Å². The van der Waals surface area contributed by atoms with Crippen molar-refractivity contribution in [2.75, 3.05) is 23.8 Å². The van der Waals surface area contributed by atoms with Crippen LogP contribution >= 0.6 is 11.6 Å². The Hall–Kier alpha value is -2.91. The predicted molar refractivity (Wildman–Crippen MR) is 137 cm³/mol. The molecule has 1 aliphatic heterocycles. The molecule has 2 fully saturated rings. The van der Waals surface area contributed by atoms with Crippen LogP contribution in [0.5, 0.6) is 0 Å². The number of nitrogens with one attached hydrogen (secondary N) is 2. The summed E-state index contributed by atoms with van der Waals surface area (Å²) in [6, 6.07) is 4.33. The number of imidazole rings is 1.